The van der Waals surface area contributed by atoms with Crippen LogP contribution < -0.4 is 5.73 Å². The number of esters is 1. The van der Waals surface area contributed by atoms with Crippen LogP contribution in [0.2, 0.25) is 0 Å². The van der Waals surface area contributed by atoms with E-state index in [-0.39, 0.29) is 5.97 Å². The molecule has 0 radical (unpaired) electrons. The van der Waals surface area contributed by atoms with Crippen LogP contribution in [0.25, 0.3) is 0 Å². The van der Waals surface area contributed by atoms with Crippen LogP contribution in [0.5, 0.6) is 0 Å². The summed E-state index contributed by atoms with van der Waals surface area (Å²) < 4.78 is 10.1. The highest BCUT2D eigenvalue weighted by Gasteiger charge is 2.16. The maximum Gasteiger partial charge on any atom is 0.323 e. The van der Waals surface area contributed by atoms with Crippen molar-refractivity contribution < 1.29 is 13.9 Å². The molecule has 1 atom stereocenters. The van der Waals surface area contributed by atoms with Gasteiger partial charge >= 0.3 is 5.97 Å². The third kappa shape index (κ3) is 2.88. The van der Waals surface area contributed by atoms with Gasteiger partial charge in [0.25, 0.3) is 0 Å². The van der Waals surface area contributed by atoms with Gasteiger partial charge in [-0.2, -0.15) is 0 Å². The Morgan fingerprint density at radius 2 is 2.36 bits per heavy atom. The van der Waals surface area contributed by atoms with Crippen molar-refractivity contribution in [3.63, 3.8) is 0 Å². The summed E-state index contributed by atoms with van der Waals surface area (Å²) in [5.74, 6) is 1.14. The maximum absolute atomic E-state index is 11.2. The minimum Gasteiger partial charge on any atom is -0.466 e. The van der Waals surface area contributed by atoms with Crippen LogP contribution in [0, 0.1) is 6.92 Å². The van der Waals surface area contributed by atoms with Crippen LogP contribution in [-0.2, 0) is 16.0 Å². The summed E-state index contributed by atoms with van der Waals surface area (Å²) in [6.07, 6.45) is 0.382. The Morgan fingerprint density at radius 1 is 1.64 bits per heavy atom. The van der Waals surface area contributed by atoms with Crippen LogP contribution >= 0.6 is 0 Å². The number of carbonyl (C=O) groups is 1. The molecule has 0 aromatic carbocycles. The quantitative estimate of drug-likeness (QED) is 0.732. The third-order valence-corrected chi connectivity index (χ3v) is 1.81. The van der Waals surface area contributed by atoms with Gasteiger partial charge in [-0.05, 0) is 26.0 Å². The molecule has 0 bridgehead atoms. The van der Waals surface area contributed by atoms with Gasteiger partial charge in [-0.15, -0.1) is 0 Å². The van der Waals surface area contributed by atoms with E-state index in [1.165, 1.54) is 0 Å². The van der Waals surface area contributed by atoms with Crippen LogP contribution in [0.1, 0.15) is 18.4 Å². The van der Waals surface area contributed by atoms with Crippen molar-refractivity contribution in [1.29, 1.82) is 0 Å². The fraction of sp³-hybridized carbons (Fsp3) is 0.500. The second-order valence-electron chi connectivity index (χ2n) is 3.08. The first-order chi connectivity index (χ1) is 6.63. The molecule has 0 spiro atoms. The van der Waals surface area contributed by atoms with Gasteiger partial charge in [0.15, 0.2) is 0 Å². The molecule has 0 saturated heterocycles. The molecule has 4 nitrogen and oxygen atoms in total. The number of furan rings is 1. The van der Waals surface area contributed by atoms with Gasteiger partial charge in [0, 0.05) is 6.42 Å². The monoisotopic (exact) mass is 197 g/mol. The van der Waals surface area contributed by atoms with E-state index in [4.69, 9.17) is 14.9 Å². The number of rotatable bonds is 4. The lowest BCUT2D eigenvalue weighted by molar-refractivity contribution is -0.144. The van der Waals surface area contributed by atoms with E-state index in [0.29, 0.717) is 18.8 Å². The molecule has 4 heteroatoms. The number of carbonyl (C=O) groups excluding carboxylic acids is 1. The van der Waals surface area contributed by atoms with Crippen molar-refractivity contribution in [1.82, 2.24) is 0 Å². The first-order valence-corrected chi connectivity index (χ1v) is 4.61. The largest absolute Gasteiger partial charge is 0.466 e. The predicted octanol–water partition coefficient (Wildman–Crippen LogP) is 1.02. The molecule has 0 amide bonds. The second-order valence-corrected chi connectivity index (χ2v) is 3.08. The molecule has 0 aliphatic rings. The maximum atomic E-state index is 11.2. The van der Waals surface area contributed by atoms with Crippen molar-refractivity contribution >= 4 is 5.97 Å². The minimum atomic E-state index is -0.638. The molecule has 78 valence electrons. The van der Waals surface area contributed by atoms with E-state index in [1.807, 2.05) is 19.1 Å². The molecule has 1 heterocycles. The van der Waals surface area contributed by atoms with Crippen molar-refractivity contribution in [3.05, 3.63) is 23.7 Å². The Morgan fingerprint density at radius 3 is 2.86 bits per heavy atom. The molecule has 1 rings (SSSR count). The summed E-state index contributed by atoms with van der Waals surface area (Å²) in [4.78, 5) is 11.2. The summed E-state index contributed by atoms with van der Waals surface area (Å²) >= 11 is 0. The Balaban J connectivity index is 2.48. The second kappa shape index (κ2) is 4.81. The van der Waals surface area contributed by atoms with Gasteiger partial charge < -0.3 is 14.9 Å². The zero-order valence-corrected chi connectivity index (χ0v) is 8.45. The standard InChI is InChI=1S/C10H15NO3/c1-3-13-10(12)9(11)6-8-5-4-7(2)14-8/h4-5,9H,3,6,11H2,1-2H3. The van der Waals surface area contributed by atoms with Crippen LogP contribution in [0.4, 0.5) is 0 Å². The SMILES string of the molecule is CCOC(=O)C(N)Cc1ccc(C)o1. The van der Waals surface area contributed by atoms with E-state index in [0.717, 1.165) is 5.76 Å². The molecule has 0 aliphatic heterocycles. The van der Waals surface area contributed by atoms with E-state index in [9.17, 15) is 4.79 Å². The Kier molecular flexibility index (Phi) is 3.71. The van der Waals surface area contributed by atoms with Crippen LogP contribution in [0.15, 0.2) is 16.5 Å². The van der Waals surface area contributed by atoms with Crippen molar-refractivity contribution in [2.45, 2.75) is 26.3 Å². The highest BCUT2D eigenvalue weighted by atomic mass is 16.5. The van der Waals surface area contributed by atoms with Gasteiger partial charge in [-0.1, -0.05) is 0 Å². The average molecular weight is 197 g/mol. The molecular weight excluding hydrogens is 182 g/mol. The molecule has 1 aromatic heterocycles. The van der Waals surface area contributed by atoms with E-state index >= 15 is 0 Å². The topological polar surface area (TPSA) is 65.5 Å². The van der Waals surface area contributed by atoms with E-state index in [2.05, 4.69) is 0 Å². The molecule has 0 saturated carbocycles. The number of hydrogen-bond acceptors (Lipinski definition) is 4. The number of hydrogen-bond donors (Lipinski definition) is 1. The molecule has 1 aromatic rings. The summed E-state index contributed by atoms with van der Waals surface area (Å²) in [7, 11) is 0. The molecule has 0 aliphatic carbocycles. The van der Waals surface area contributed by atoms with Gasteiger partial charge in [-0.3, -0.25) is 4.79 Å². The third-order valence-electron chi connectivity index (χ3n) is 1.81. The zero-order valence-electron chi connectivity index (χ0n) is 8.45. The first-order valence-electron chi connectivity index (χ1n) is 4.61. The van der Waals surface area contributed by atoms with Crippen molar-refractivity contribution in [3.8, 4) is 0 Å². The zero-order chi connectivity index (χ0) is 10.6. The number of ether oxygens (including phenoxy) is 1. The van der Waals surface area contributed by atoms with Gasteiger partial charge in [0.05, 0.1) is 6.61 Å². The first kappa shape index (κ1) is 10.8. The smallest absolute Gasteiger partial charge is 0.323 e. The van der Waals surface area contributed by atoms with Gasteiger partial charge in [-0.25, -0.2) is 0 Å². The lowest BCUT2D eigenvalue weighted by Gasteiger charge is -2.08. The van der Waals surface area contributed by atoms with Crippen molar-refractivity contribution in [2.24, 2.45) is 5.73 Å². The van der Waals surface area contributed by atoms with E-state index in [1.54, 1.807) is 6.92 Å². The summed E-state index contributed by atoms with van der Waals surface area (Å²) in [5.41, 5.74) is 5.61. The highest BCUT2D eigenvalue weighted by Crippen LogP contribution is 2.08. The van der Waals surface area contributed by atoms with Crippen LogP contribution in [-0.4, -0.2) is 18.6 Å². The van der Waals surface area contributed by atoms with Gasteiger partial charge in [0.1, 0.15) is 17.6 Å². The fourth-order valence-electron chi connectivity index (χ4n) is 1.14. The lowest BCUT2D eigenvalue weighted by atomic mass is 10.2. The lowest BCUT2D eigenvalue weighted by Crippen LogP contribution is -2.34. The molecular formula is C10H15NO3. The Labute approximate surface area is 83.0 Å². The van der Waals surface area contributed by atoms with Crippen molar-refractivity contribution in [2.75, 3.05) is 6.61 Å². The molecule has 1 unspecified atom stereocenters. The summed E-state index contributed by atoms with van der Waals surface area (Å²) in [5, 5.41) is 0. The highest BCUT2D eigenvalue weighted by molar-refractivity contribution is 5.75. The minimum absolute atomic E-state index is 0.351. The normalized spacial score (nSPS) is 12.5. The van der Waals surface area contributed by atoms with E-state index < -0.39 is 6.04 Å². The summed E-state index contributed by atoms with van der Waals surface area (Å²) in [6.45, 7) is 3.95. The Bertz CT molecular complexity index is 306. The Hall–Kier alpha value is -1.29. The molecule has 2 N–H and O–H groups in total. The van der Waals surface area contributed by atoms with Crippen LogP contribution in [0.3, 0.4) is 0 Å². The average Bonchev–Trinajstić information content (AvgIpc) is 2.51. The molecule has 0 fully saturated rings. The molecule has 14 heavy (non-hydrogen) atoms. The summed E-state index contributed by atoms with van der Waals surface area (Å²) in [6, 6.07) is 3.02. The predicted molar refractivity (Wildman–Crippen MR) is 51.8 cm³/mol. The fourth-order valence-corrected chi connectivity index (χ4v) is 1.14. The number of nitrogens with two attached hydrogens (primary N) is 1. The van der Waals surface area contributed by atoms with Gasteiger partial charge in [0.2, 0.25) is 0 Å². The number of aryl methyl sites for hydroxylation is 1.